The van der Waals surface area contributed by atoms with Crippen LogP contribution in [0.15, 0.2) is 0 Å². The molecule has 0 unspecified atom stereocenters. The Labute approximate surface area is 71.5 Å². The maximum atomic E-state index is 10.1. The first-order chi connectivity index (χ1) is 5.63. The van der Waals surface area contributed by atoms with Crippen LogP contribution < -0.4 is 16.5 Å². The summed E-state index contributed by atoms with van der Waals surface area (Å²) < 4.78 is 0. The zero-order valence-corrected chi connectivity index (χ0v) is 7.05. The summed E-state index contributed by atoms with van der Waals surface area (Å²) in [4.78, 5) is 12.8. The van der Waals surface area contributed by atoms with Crippen LogP contribution in [0.5, 0.6) is 0 Å². The van der Waals surface area contributed by atoms with E-state index in [2.05, 4.69) is 4.99 Å². The van der Waals surface area contributed by atoms with Crippen molar-refractivity contribution in [2.24, 2.45) is 11.5 Å². The molecule has 70 valence electrons. The first-order valence-electron chi connectivity index (χ1n) is 3.96. The van der Waals surface area contributed by atoms with E-state index in [9.17, 15) is 4.79 Å². The van der Waals surface area contributed by atoms with Crippen molar-refractivity contribution in [1.82, 2.24) is 0 Å². The molecule has 0 aliphatic carbocycles. The molecule has 0 saturated carbocycles. The number of aliphatic carboxylic acids is 1. The molecule has 0 aliphatic heterocycles. The smallest absolute Gasteiger partial charge is 0.338 e. The van der Waals surface area contributed by atoms with Gasteiger partial charge in [-0.05, 0) is 19.3 Å². The molecule has 0 aromatic rings. The molecular formula is C7H16N3O2+. The van der Waals surface area contributed by atoms with Crippen LogP contribution in [0.1, 0.15) is 25.7 Å². The molecular weight excluding hydrogens is 158 g/mol. The van der Waals surface area contributed by atoms with Gasteiger partial charge in [-0.25, -0.2) is 0 Å². The number of rotatable bonds is 6. The average molecular weight is 174 g/mol. The Morgan fingerprint density at radius 2 is 1.92 bits per heavy atom. The number of nitrogens with two attached hydrogens (primary N) is 2. The number of nitrogens with one attached hydrogen (secondary N) is 1. The van der Waals surface area contributed by atoms with Crippen LogP contribution in [0.2, 0.25) is 0 Å². The molecule has 0 saturated heterocycles. The molecule has 0 spiro atoms. The monoisotopic (exact) mass is 174 g/mol. The summed E-state index contributed by atoms with van der Waals surface area (Å²) in [6.07, 6.45) is 2.72. The predicted molar refractivity (Wildman–Crippen MR) is 45.3 cm³/mol. The van der Waals surface area contributed by atoms with E-state index in [-0.39, 0.29) is 12.4 Å². The maximum absolute atomic E-state index is 10.1. The van der Waals surface area contributed by atoms with Gasteiger partial charge in [0.15, 0.2) is 0 Å². The lowest BCUT2D eigenvalue weighted by molar-refractivity contribution is -0.459. The highest BCUT2D eigenvalue weighted by atomic mass is 16.4. The number of hydrogen-bond donors (Lipinski definition) is 4. The lowest BCUT2D eigenvalue weighted by Crippen LogP contribution is -2.78. The van der Waals surface area contributed by atoms with Crippen LogP contribution in [0.4, 0.5) is 0 Å². The van der Waals surface area contributed by atoms with Crippen molar-refractivity contribution >= 4 is 11.9 Å². The molecule has 0 bridgehead atoms. The minimum Gasteiger partial charge on any atom is -0.481 e. The second kappa shape index (κ2) is 6.45. The zero-order valence-electron chi connectivity index (χ0n) is 7.05. The fourth-order valence-electron chi connectivity index (χ4n) is 0.811. The van der Waals surface area contributed by atoms with Gasteiger partial charge in [-0.1, -0.05) is 0 Å². The fourth-order valence-corrected chi connectivity index (χ4v) is 0.811. The maximum Gasteiger partial charge on any atom is 0.338 e. The quantitative estimate of drug-likeness (QED) is 0.212. The van der Waals surface area contributed by atoms with Gasteiger partial charge in [-0.2, -0.15) is 0 Å². The Balaban J connectivity index is 3.11. The highest BCUT2D eigenvalue weighted by Crippen LogP contribution is 1.96. The van der Waals surface area contributed by atoms with Crippen LogP contribution in [0.25, 0.3) is 0 Å². The van der Waals surface area contributed by atoms with E-state index in [1.165, 1.54) is 0 Å². The van der Waals surface area contributed by atoms with Crippen LogP contribution in [0.3, 0.4) is 0 Å². The molecule has 6 N–H and O–H groups in total. The molecule has 12 heavy (non-hydrogen) atoms. The Bertz CT molecular complexity index is 164. The van der Waals surface area contributed by atoms with Gasteiger partial charge in [0.05, 0.1) is 6.54 Å². The first kappa shape index (κ1) is 10.7. The van der Waals surface area contributed by atoms with Gasteiger partial charge >= 0.3 is 11.9 Å². The van der Waals surface area contributed by atoms with E-state index < -0.39 is 5.97 Å². The molecule has 5 nitrogen and oxygen atoms in total. The van der Waals surface area contributed by atoms with E-state index in [0.29, 0.717) is 13.0 Å². The predicted octanol–water partition coefficient (Wildman–Crippen LogP) is -2.01. The number of unbranched alkanes of at least 4 members (excludes halogenated alkanes) is 2. The standard InChI is InChI=1S/C7H15N3O2/c8-7(9)10-5-3-1-2-4-6(11)12/h1-5H2,(H,11,12)(H4,8,9,10)/p+1. The average Bonchev–Trinajstić information content (AvgIpc) is 1.95. The van der Waals surface area contributed by atoms with Crippen molar-refractivity contribution in [3.05, 3.63) is 0 Å². The van der Waals surface area contributed by atoms with Gasteiger partial charge in [0.1, 0.15) is 0 Å². The fraction of sp³-hybridized carbons (Fsp3) is 0.714. The minimum atomic E-state index is -0.743. The minimum absolute atomic E-state index is 0.216. The van der Waals surface area contributed by atoms with Crippen molar-refractivity contribution in [3.63, 3.8) is 0 Å². The lowest BCUT2D eigenvalue weighted by Gasteiger charge is -1.94. The van der Waals surface area contributed by atoms with Gasteiger partial charge in [0, 0.05) is 6.42 Å². The third kappa shape index (κ3) is 8.74. The lowest BCUT2D eigenvalue weighted by atomic mass is 10.2. The molecule has 0 radical (unpaired) electrons. The molecule has 0 aromatic carbocycles. The molecule has 0 amide bonds. The Kier molecular flexibility index (Phi) is 5.77. The van der Waals surface area contributed by atoms with Crippen LogP contribution in [-0.4, -0.2) is 23.6 Å². The first-order valence-corrected chi connectivity index (χ1v) is 3.96. The van der Waals surface area contributed by atoms with Gasteiger partial charge in [0.25, 0.3) is 0 Å². The largest absolute Gasteiger partial charge is 0.481 e. The number of hydrogen-bond acceptors (Lipinski definition) is 1. The van der Waals surface area contributed by atoms with Gasteiger partial charge in [-0.3, -0.25) is 21.3 Å². The SMILES string of the molecule is NC(N)=[NH+]CCCCCC(=O)O. The van der Waals surface area contributed by atoms with E-state index >= 15 is 0 Å². The zero-order chi connectivity index (χ0) is 9.40. The molecule has 0 aliphatic rings. The van der Waals surface area contributed by atoms with Gasteiger partial charge in [0.2, 0.25) is 0 Å². The van der Waals surface area contributed by atoms with Crippen molar-refractivity contribution in [1.29, 1.82) is 0 Å². The number of carboxylic acid groups (broad SMARTS) is 1. The van der Waals surface area contributed by atoms with Gasteiger partial charge < -0.3 is 5.11 Å². The van der Waals surface area contributed by atoms with Crippen molar-refractivity contribution in [2.45, 2.75) is 25.7 Å². The van der Waals surface area contributed by atoms with E-state index in [4.69, 9.17) is 16.6 Å². The molecule has 0 rings (SSSR count). The van der Waals surface area contributed by atoms with E-state index in [1.807, 2.05) is 0 Å². The molecule has 5 heteroatoms. The summed E-state index contributed by atoms with van der Waals surface area (Å²) in [5.74, 6) is -0.527. The Morgan fingerprint density at radius 1 is 1.25 bits per heavy atom. The third-order valence-electron chi connectivity index (χ3n) is 1.40. The third-order valence-corrected chi connectivity index (χ3v) is 1.40. The summed E-state index contributed by atoms with van der Waals surface area (Å²) in [6, 6.07) is 0. The molecule has 0 atom stereocenters. The van der Waals surface area contributed by atoms with Crippen LogP contribution >= 0.6 is 0 Å². The summed E-state index contributed by atoms with van der Waals surface area (Å²) >= 11 is 0. The summed E-state index contributed by atoms with van der Waals surface area (Å²) in [6.45, 7) is 0.710. The Morgan fingerprint density at radius 3 is 2.42 bits per heavy atom. The van der Waals surface area contributed by atoms with Crippen LogP contribution in [0, 0.1) is 0 Å². The van der Waals surface area contributed by atoms with Crippen molar-refractivity contribution < 1.29 is 14.9 Å². The Hall–Kier alpha value is -1.26. The number of guanidine groups is 1. The highest BCUT2D eigenvalue weighted by Gasteiger charge is 1.95. The van der Waals surface area contributed by atoms with E-state index in [1.54, 1.807) is 0 Å². The topological polar surface area (TPSA) is 103 Å². The second-order valence-electron chi connectivity index (χ2n) is 2.59. The number of carboxylic acids is 1. The number of carbonyl (C=O) groups is 1. The van der Waals surface area contributed by atoms with Crippen molar-refractivity contribution in [2.75, 3.05) is 6.54 Å². The van der Waals surface area contributed by atoms with Gasteiger partial charge in [-0.15, -0.1) is 0 Å². The van der Waals surface area contributed by atoms with Crippen LogP contribution in [-0.2, 0) is 4.79 Å². The molecule has 0 fully saturated rings. The highest BCUT2D eigenvalue weighted by molar-refractivity contribution is 5.69. The molecule has 0 aromatic heterocycles. The molecule has 0 heterocycles. The normalized spacial score (nSPS) is 9.33. The summed E-state index contributed by atoms with van der Waals surface area (Å²) in [5.41, 5.74) is 10.3. The summed E-state index contributed by atoms with van der Waals surface area (Å²) in [7, 11) is 0. The van der Waals surface area contributed by atoms with E-state index in [0.717, 1.165) is 12.8 Å². The summed E-state index contributed by atoms with van der Waals surface area (Å²) in [5, 5.41) is 8.30. The van der Waals surface area contributed by atoms with Crippen molar-refractivity contribution in [3.8, 4) is 0 Å². The second-order valence-corrected chi connectivity index (χ2v) is 2.59.